The third-order valence-electron chi connectivity index (χ3n) is 3.26. The Morgan fingerprint density at radius 1 is 1.16 bits per heavy atom. The Balaban J connectivity index is 2.49. The zero-order chi connectivity index (χ0) is 13.7. The summed E-state index contributed by atoms with van der Waals surface area (Å²) >= 11 is 0. The maximum atomic E-state index is 10.2. The lowest BCUT2D eigenvalue weighted by Gasteiger charge is -2.11. The largest absolute Gasteiger partial charge is 0.507 e. The van der Waals surface area contributed by atoms with Crippen LogP contribution in [0.1, 0.15) is 30.9 Å². The van der Waals surface area contributed by atoms with Gasteiger partial charge in [0.25, 0.3) is 0 Å². The summed E-state index contributed by atoms with van der Waals surface area (Å²) in [7, 11) is 0. The van der Waals surface area contributed by atoms with Crippen molar-refractivity contribution < 1.29 is 5.11 Å². The number of aromatic hydroxyl groups is 1. The molecule has 2 aromatic carbocycles. The number of phenols is 1. The molecule has 0 amide bonds. The van der Waals surface area contributed by atoms with Gasteiger partial charge in [0, 0.05) is 17.3 Å². The van der Waals surface area contributed by atoms with Crippen LogP contribution in [0.4, 0.5) is 0 Å². The molecule has 0 radical (unpaired) electrons. The number of benzene rings is 2. The van der Waals surface area contributed by atoms with Gasteiger partial charge >= 0.3 is 0 Å². The first-order chi connectivity index (χ1) is 9.26. The third-order valence-corrected chi connectivity index (χ3v) is 3.26. The summed E-state index contributed by atoms with van der Waals surface area (Å²) in [5.74, 6) is 0.196. The minimum atomic E-state index is 0.196. The molecule has 98 valence electrons. The van der Waals surface area contributed by atoms with Crippen LogP contribution in [0.5, 0.6) is 5.75 Å². The van der Waals surface area contributed by atoms with Crippen molar-refractivity contribution in [2.24, 2.45) is 0 Å². The van der Waals surface area contributed by atoms with Crippen LogP contribution in [0.3, 0.4) is 0 Å². The monoisotopic (exact) mass is 253 g/mol. The summed E-state index contributed by atoms with van der Waals surface area (Å²) < 4.78 is 0. The zero-order valence-electron chi connectivity index (χ0n) is 11.2. The standard InChI is InChI=1S/C17H19NO/c1-2-3-7-13-10-15(12-18)17(19)16(11-13)14-8-5-4-6-9-14/h4-6,8-12,18-19H,2-3,7H2,1H3. The predicted octanol–water partition coefficient (Wildman–Crippen LogP) is 4.40. The lowest BCUT2D eigenvalue weighted by Crippen LogP contribution is -1.92. The van der Waals surface area contributed by atoms with Crippen LogP contribution in [-0.4, -0.2) is 11.3 Å². The molecule has 19 heavy (non-hydrogen) atoms. The molecule has 2 rings (SSSR count). The van der Waals surface area contributed by atoms with E-state index in [4.69, 9.17) is 5.41 Å². The van der Waals surface area contributed by atoms with E-state index in [1.807, 2.05) is 42.5 Å². The normalized spacial score (nSPS) is 10.4. The Kier molecular flexibility index (Phi) is 4.35. The molecule has 0 heterocycles. The molecular weight excluding hydrogens is 234 g/mol. The molecule has 0 bridgehead atoms. The Morgan fingerprint density at radius 2 is 1.89 bits per heavy atom. The molecule has 0 saturated heterocycles. The number of phenolic OH excluding ortho intramolecular Hbond substituents is 1. The topological polar surface area (TPSA) is 44.1 Å². The fourth-order valence-electron chi connectivity index (χ4n) is 2.19. The van der Waals surface area contributed by atoms with Crippen LogP contribution in [-0.2, 0) is 6.42 Å². The molecule has 2 nitrogen and oxygen atoms in total. The van der Waals surface area contributed by atoms with E-state index in [-0.39, 0.29) is 5.75 Å². The summed E-state index contributed by atoms with van der Waals surface area (Å²) in [6.07, 6.45) is 4.46. The first-order valence-corrected chi connectivity index (χ1v) is 6.68. The lowest BCUT2D eigenvalue weighted by molar-refractivity contribution is 0.476. The average molecular weight is 253 g/mol. The Hall–Kier alpha value is -2.09. The molecule has 0 aromatic heterocycles. The van der Waals surface area contributed by atoms with Crippen LogP contribution in [0.15, 0.2) is 42.5 Å². The second kappa shape index (κ2) is 6.19. The summed E-state index contributed by atoms with van der Waals surface area (Å²) in [5, 5.41) is 17.7. The van der Waals surface area contributed by atoms with Crippen molar-refractivity contribution in [1.29, 1.82) is 5.41 Å². The van der Waals surface area contributed by atoms with Crippen LogP contribution in [0.2, 0.25) is 0 Å². The smallest absolute Gasteiger partial charge is 0.132 e. The summed E-state index contributed by atoms with van der Waals surface area (Å²) in [6, 6.07) is 13.8. The fraction of sp³-hybridized carbons (Fsp3) is 0.235. The quantitative estimate of drug-likeness (QED) is 0.762. The number of hydrogen-bond donors (Lipinski definition) is 2. The second-order valence-corrected chi connectivity index (χ2v) is 4.70. The molecule has 2 N–H and O–H groups in total. The molecule has 0 saturated carbocycles. The highest BCUT2D eigenvalue weighted by Crippen LogP contribution is 2.33. The number of unbranched alkanes of at least 4 members (excludes halogenated alkanes) is 1. The van der Waals surface area contributed by atoms with Gasteiger partial charge in [-0.05, 0) is 36.1 Å². The number of nitrogens with one attached hydrogen (secondary N) is 1. The van der Waals surface area contributed by atoms with Crippen LogP contribution in [0, 0.1) is 5.41 Å². The van der Waals surface area contributed by atoms with Crippen molar-refractivity contribution >= 4 is 6.21 Å². The van der Waals surface area contributed by atoms with Crippen LogP contribution < -0.4 is 0 Å². The van der Waals surface area contributed by atoms with Crippen molar-refractivity contribution in [3.8, 4) is 16.9 Å². The van der Waals surface area contributed by atoms with E-state index in [0.717, 1.165) is 30.4 Å². The van der Waals surface area contributed by atoms with E-state index >= 15 is 0 Å². The summed E-state index contributed by atoms with van der Waals surface area (Å²) in [6.45, 7) is 2.16. The lowest BCUT2D eigenvalue weighted by atomic mass is 9.96. The van der Waals surface area contributed by atoms with Crippen LogP contribution in [0.25, 0.3) is 11.1 Å². The molecular formula is C17H19NO. The Labute approximate surface area is 114 Å². The summed E-state index contributed by atoms with van der Waals surface area (Å²) in [5.41, 5.74) is 3.57. The van der Waals surface area contributed by atoms with Gasteiger partial charge in [-0.1, -0.05) is 43.7 Å². The van der Waals surface area contributed by atoms with Crippen molar-refractivity contribution in [3.63, 3.8) is 0 Å². The molecule has 0 atom stereocenters. The molecule has 0 aliphatic heterocycles. The summed E-state index contributed by atoms with van der Waals surface area (Å²) in [4.78, 5) is 0. The first-order valence-electron chi connectivity index (χ1n) is 6.68. The van der Waals surface area contributed by atoms with Gasteiger partial charge < -0.3 is 10.5 Å². The van der Waals surface area contributed by atoms with E-state index < -0.39 is 0 Å². The van der Waals surface area contributed by atoms with Crippen molar-refractivity contribution in [2.75, 3.05) is 0 Å². The van der Waals surface area contributed by atoms with E-state index in [1.54, 1.807) is 0 Å². The Morgan fingerprint density at radius 3 is 2.53 bits per heavy atom. The third kappa shape index (κ3) is 3.02. The van der Waals surface area contributed by atoms with E-state index in [0.29, 0.717) is 5.56 Å². The van der Waals surface area contributed by atoms with Crippen molar-refractivity contribution in [2.45, 2.75) is 26.2 Å². The highest BCUT2D eigenvalue weighted by molar-refractivity contribution is 5.87. The van der Waals surface area contributed by atoms with Crippen molar-refractivity contribution in [3.05, 3.63) is 53.6 Å². The van der Waals surface area contributed by atoms with Gasteiger partial charge in [0.15, 0.2) is 0 Å². The molecule has 0 aliphatic rings. The minimum absolute atomic E-state index is 0.196. The maximum absolute atomic E-state index is 10.2. The van der Waals surface area contributed by atoms with Crippen LogP contribution >= 0.6 is 0 Å². The van der Waals surface area contributed by atoms with E-state index in [1.165, 1.54) is 11.8 Å². The maximum Gasteiger partial charge on any atom is 0.132 e. The molecule has 2 heteroatoms. The average Bonchev–Trinajstić information content (AvgIpc) is 2.47. The minimum Gasteiger partial charge on any atom is -0.507 e. The number of rotatable bonds is 5. The number of aryl methyl sites for hydroxylation is 1. The molecule has 0 fully saturated rings. The fourth-order valence-corrected chi connectivity index (χ4v) is 2.19. The molecule has 2 aromatic rings. The van der Waals surface area contributed by atoms with Crippen molar-refractivity contribution in [1.82, 2.24) is 0 Å². The van der Waals surface area contributed by atoms with E-state index in [2.05, 4.69) is 6.92 Å². The van der Waals surface area contributed by atoms with Gasteiger partial charge in [-0.25, -0.2) is 0 Å². The SMILES string of the molecule is CCCCc1cc(C=N)c(O)c(-c2ccccc2)c1. The molecule has 0 unspecified atom stereocenters. The molecule has 0 aliphatic carbocycles. The van der Waals surface area contributed by atoms with Gasteiger partial charge in [0.05, 0.1) is 0 Å². The predicted molar refractivity (Wildman–Crippen MR) is 80.0 cm³/mol. The van der Waals surface area contributed by atoms with Gasteiger partial charge in [0.1, 0.15) is 5.75 Å². The highest BCUT2D eigenvalue weighted by Gasteiger charge is 2.10. The van der Waals surface area contributed by atoms with E-state index in [9.17, 15) is 5.11 Å². The van der Waals surface area contributed by atoms with Gasteiger partial charge in [0.2, 0.25) is 0 Å². The zero-order valence-corrected chi connectivity index (χ0v) is 11.2. The van der Waals surface area contributed by atoms with Gasteiger partial charge in [-0.15, -0.1) is 0 Å². The first kappa shape index (κ1) is 13.3. The molecule has 0 spiro atoms. The van der Waals surface area contributed by atoms with Gasteiger partial charge in [-0.2, -0.15) is 0 Å². The highest BCUT2D eigenvalue weighted by atomic mass is 16.3. The number of hydrogen-bond acceptors (Lipinski definition) is 2. The Bertz CT molecular complexity index is 561. The van der Waals surface area contributed by atoms with Gasteiger partial charge in [-0.3, -0.25) is 0 Å². The second-order valence-electron chi connectivity index (χ2n) is 4.70.